The van der Waals surface area contributed by atoms with E-state index in [1.807, 2.05) is 12.4 Å². The lowest BCUT2D eigenvalue weighted by molar-refractivity contribution is 0.111. The molecular weight excluding hydrogens is 226 g/mol. The molecule has 0 saturated heterocycles. The minimum absolute atomic E-state index is 0.365. The highest BCUT2D eigenvalue weighted by Crippen LogP contribution is 2.03. The zero-order chi connectivity index (χ0) is 13.2. The number of aryl methyl sites for hydroxylation is 1. The molecule has 4 heteroatoms. The first-order valence-corrected chi connectivity index (χ1v) is 7.12. The number of aromatic nitrogens is 2. The maximum atomic E-state index is 5.66. The van der Waals surface area contributed by atoms with E-state index in [0.717, 1.165) is 51.4 Å². The Labute approximate surface area is 111 Å². The summed E-state index contributed by atoms with van der Waals surface area (Å²) in [6.45, 7) is 10.1. The molecule has 0 aliphatic rings. The van der Waals surface area contributed by atoms with Crippen LogP contribution in [0.15, 0.2) is 12.4 Å². The Balaban J connectivity index is 2.48. The Bertz CT molecular complexity index is 312. The predicted octanol–water partition coefficient (Wildman–Crippen LogP) is 2.24. The Hall–Kier alpha value is -0.870. The monoisotopic (exact) mass is 253 g/mol. The van der Waals surface area contributed by atoms with E-state index in [9.17, 15) is 0 Å². The van der Waals surface area contributed by atoms with Gasteiger partial charge in [0.05, 0.1) is 6.61 Å². The Morgan fingerprint density at radius 3 is 2.83 bits per heavy atom. The second kappa shape index (κ2) is 9.11. The van der Waals surface area contributed by atoms with Crippen molar-refractivity contribution in [2.75, 3.05) is 19.8 Å². The van der Waals surface area contributed by atoms with Gasteiger partial charge in [-0.2, -0.15) is 0 Å². The van der Waals surface area contributed by atoms with Gasteiger partial charge < -0.3 is 14.6 Å². The van der Waals surface area contributed by atoms with Gasteiger partial charge in [-0.05, 0) is 26.3 Å². The van der Waals surface area contributed by atoms with E-state index in [2.05, 4.69) is 35.6 Å². The van der Waals surface area contributed by atoms with Crippen LogP contribution in [0.3, 0.4) is 0 Å². The Morgan fingerprint density at radius 1 is 1.33 bits per heavy atom. The number of nitrogens with one attached hydrogen (secondary N) is 1. The second-order valence-electron chi connectivity index (χ2n) is 4.56. The molecule has 104 valence electrons. The molecule has 1 aromatic rings. The average Bonchev–Trinajstić information content (AvgIpc) is 2.83. The van der Waals surface area contributed by atoms with Crippen LogP contribution < -0.4 is 5.32 Å². The van der Waals surface area contributed by atoms with E-state index in [0.29, 0.717) is 6.04 Å². The fourth-order valence-electron chi connectivity index (χ4n) is 1.95. The zero-order valence-electron chi connectivity index (χ0n) is 12.0. The molecule has 0 fully saturated rings. The number of rotatable bonds is 10. The molecule has 18 heavy (non-hydrogen) atoms. The van der Waals surface area contributed by atoms with Crippen LogP contribution in [0.5, 0.6) is 0 Å². The van der Waals surface area contributed by atoms with E-state index in [4.69, 9.17) is 4.74 Å². The van der Waals surface area contributed by atoms with Crippen LogP contribution in [0.4, 0.5) is 0 Å². The summed E-state index contributed by atoms with van der Waals surface area (Å²) in [5.41, 5.74) is 0. The topological polar surface area (TPSA) is 39.1 Å². The van der Waals surface area contributed by atoms with Crippen LogP contribution in [-0.2, 0) is 17.7 Å². The van der Waals surface area contributed by atoms with Gasteiger partial charge in [-0.25, -0.2) is 4.98 Å². The highest BCUT2D eigenvalue weighted by molar-refractivity contribution is 4.95. The van der Waals surface area contributed by atoms with Gasteiger partial charge in [-0.15, -0.1) is 0 Å². The number of nitrogens with zero attached hydrogens (tertiary/aromatic N) is 2. The molecule has 0 saturated carbocycles. The standard InChI is InChI=1S/C14H27N3O/c1-4-7-15-13(12-18-10-5-2)11-14-16-8-9-17(14)6-3/h8-9,13,15H,4-7,10-12H2,1-3H3. The molecule has 1 rings (SSSR count). The van der Waals surface area contributed by atoms with Gasteiger partial charge in [0.1, 0.15) is 5.82 Å². The molecule has 0 aliphatic carbocycles. The van der Waals surface area contributed by atoms with Gasteiger partial charge in [0, 0.05) is 38.0 Å². The highest BCUT2D eigenvalue weighted by Gasteiger charge is 2.12. The lowest BCUT2D eigenvalue weighted by atomic mass is 10.2. The van der Waals surface area contributed by atoms with Crippen LogP contribution in [0, 0.1) is 0 Å². The van der Waals surface area contributed by atoms with Crippen LogP contribution in [0.25, 0.3) is 0 Å². The SMILES string of the molecule is CCCNC(COCCC)Cc1nccn1CC. The van der Waals surface area contributed by atoms with Gasteiger partial charge in [-0.3, -0.25) is 0 Å². The highest BCUT2D eigenvalue weighted by atomic mass is 16.5. The summed E-state index contributed by atoms with van der Waals surface area (Å²) in [5, 5.41) is 3.54. The number of imidazole rings is 1. The molecule has 0 aromatic carbocycles. The van der Waals surface area contributed by atoms with Crippen LogP contribution in [0.2, 0.25) is 0 Å². The van der Waals surface area contributed by atoms with Crippen molar-refractivity contribution in [2.24, 2.45) is 0 Å². The quantitative estimate of drug-likeness (QED) is 0.650. The molecule has 1 N–H and O–H groups in total. The number of ether oxygens (including phenoxy) is 1. The average molecular weight is 253 g/mol. The molecule has 1 aromatic heterocycles. The number of hydrogen-bond acceptors (Lipinski definition) is 3. The molecule has 0 bridgehead atoms. The minimum Gasteiger partial charge on any atom is -0.380 e. The maximum absolute atomic E-state index is 5.66. The van der Waals surface area contributed by atoms with Gasteiger partial charge >= 0.3 is 0 Å². The Kier molecular flexibility index (Phi) is 7.69. The lowest BCUT2D eigenvalue weighted by Crippen LogP contribution is -2.37. The summed E-state index contributed by atoms with van der Waals surface area (Å²) in [6.07, 6.45) is 7.07. The van der Waals surface area contributed by atoms with Crippen LogP contribution in [-0.4, -0.2) is 35.4 Å². The van der Waals surface area contributed by atoms with E-state index in [-0.39, 0.29) is 0 Å². The third-order valence-corrected chi connectivity index (χ3v) is 2.92. The van der Waals surface area contributed by atoms with E-state index >= 15 is 0 Å². The van der Waals surface area contributed by atoms with Gasteiger partial charge in [0.2, 0.25) is 0 Å². The van der Waals surface area contributed by atoms with Crippen LogP contribution in [0.1, 0.15) is 39.4 Å². The summed E-state index contributed by atoms with van der Waals surface area (Å²) in [5.74, 6) is 1.14. The third kappa shape index (κ3) is 5.19. The van der Waals surface area contributed by atoms with Gasteiger partial charge in [0.15, 0.2) is 0 Å². The summed E-state index contributed by atoms with van der Waals surface area (Å²) >= 11 is 0. The second-order valence-corrected chi connectivity index (χ2v) is 4.56. The van der Waals surface area contributed by atoms with E-state index in [1.54, 1.807) is 0 Å². The zero-order valence-corrected chi connectivity index (χ0v) is 12.0. The first-order chi connectivity index (χ1) is 8.81. The predicted molar refractivity (Wildman–Crippen MR) is 74.8 cm³/mol. The molecule has 1 heterocycles. The van der Waals surface area contributed by atoms with Crippen molar-refractivity contribution in [1.29, 1.82) is 0 Å². The molecular formula is C14H27N3O. The van der Waals surface area contributed by atoms with E-state index in [1.165, 1.54) is 0 Å². The smallest absolute Gasteiger partial charge is 0.110 e. The van der Waals surface area contributed by atoms with Crippen molar-refractivity contribution >= 4 is 0 Å². The minimum atomic E-state index is 0.365. The Morgan fingerprint density at radius 2 is 2.17 bits per heavy atom. The molecule has 1 atom stereocenters. The van der Waals surface area contributed by atoms with Crippen molar-refractivity contribution in [3.05, 3.63) is 18.2 Å². The van der Waals surface area contributed by atoms with Crippen LogP contribution >= 0.6 is 0 Å². The molecule has 1 unspecified atom stereocenters. The first kappa shape index (κ1) is 15.2. The lowest BCUT2D eigenvalue weighted by Gasteiger charge is -2.18. The van der Waals surface area contributed by atoms with Crippen molar-refractivity contribution in [1.82, 2.24) is 14.9 Å². The summed E-state index contributed by atoms with van der Waals surface area (Å²) in [7, 11) is 0. The summed E-state index contributed by atoms with van der Waals surface area (Å²) < 4.78 is 7.86. The van der Waals surface area contributed by atoms with Crippen molar-refractivity contribution in [2.45, 2.75) is 52.6 Å². The van der Waals surface area contributed by atoms with E-state index < -0.39 is 0 Å². The molecule has 0 spiro atoms. The molecule has 0 aliphatic heterocycles. The summed E-state index contributed by atoms with van der Waals surface area (Å²) in [6, 6.07) is 0.365. The molecule has 0 radical (unpaired) electrons. The fourth-order valence-corrected chi connectivity index (χ4v) is 1.95. The summed E-state index contributed by atoms with van der Waals surface area (Å²) in [4.78, 5) is 4.43. The van der Waals surface area contributed by atoms with Crippen molar-refractivity contribution < 1.29 is 4.74 Å². The number of hydrogen-bond donors (Lipinski definition) is 1. The fraction of sp³-hybridized carbons (Fsp3) is 0.786. The first-order valence-electron chi connectivity index (χ1n) is 7.12. The van der Waals surface area contributed by atoms with Gasteiger partial charge in [0.25, 0.3) is 0 Å². The molecule has 0 amide bonds. The van der Waals surface area contributed by atoms with Crippen molar-refractivity contribution in [3.8, 4) is 0 Å². The van der Waals surface area contributed by atoms with Crippen molar-refractivity contribution in [3.63, 3.8) is 0 Å². The third-order valence-electron chi connectivity index (χ3n) is 2.92. The van der Waals surface area contributed by atoms with Gasteiger partial charge in [-0.1, -0.05) is 13.8 Å². The maximum Gasteiger partial charge on any atom is 0.110 e. The molecule has 4 nitrogen and oxygen atoms in total. The normalized spacial score (nSPS) is 12.8. The largest absolute Gasteiger partial charge is 0.380 e.